The minimum absolute atomic E-state index is 0.174. The van der Waals surface area contributed by atoms with Crippen LogP contribution in [0.2, 0.25) is 5.15 Å². The van der Waals surface area contributed by atoms with Gasteiger partial charge in [-0.1, -0.05) is 51.8 Å². The number of pyridine rings is 1. The Morgan fingerprint density at radius 3 is 2.61 bits per heavy atom. The number of hydrogen-bond donors (Lipinski definition) is 1. The van der Waals surface area contributed by atoms with Crippen LogP contribution < -0.4 is 10.5 Å². The molecule has 0 radical (unpaired) electrons. The van der Waals surface area contributed by atoms with Gasteiger partial charge >= 0.3 is 0 Å². The summed E-state index contributed by atoms with van der Waals surface area (Å²) in [6.07, 6.45) is 1.37. The third kappa shape index (κ3) is 4.57. The van der Waals surface area contributed by atoms with Gasteiger partial charge in [-0.2, -0.15) is 0 Å². The van der Waals surface area contributed by atoms with E-state index in [2.05, 4.69) is 26.3 Å². The molecule has 1 aliphatic heterocycles. The Kier molecular flexibility index (Phi) is 5.98. The van der Waals surface area contributed by atoms with E-state index in [-0.39, 0.29) is 18.7 Å². The summed E-state index contributed by atoms with van der Waals surface area (Å²) in [5.41, 5.74) is 7.15. The molecule has 31 heavy (non-hydrogen) atoms. The zero-order valence-electron chi connectivity index (χ0n) is 16.6. The molecule has 0 aliphatic carbocycles. The third-order valence-electron chi connectivity index (χ3n) is 5.08. The molecule has 0 fully saturated rings. The van der Waals surface area contributed by atoms with Crippen LogP contribution in [-0.4, -0.2) is 21.9 Å². The first-order valence-corrected chi connectivity index (χ1v) is 10.8. The van der Waals surface area contributed by atoms with E-state index >= 15 is 0 Å². The van der Waals surface area contributed by atoms with E-state index in [1.54, 1.807) is 0 Å². The summed E-state index contributed by atoms with van der Waals surface area (Å²) >= 11 is 9.91. The largest absolute Gasteiger partial charge is 0.550 e. The average Bonchev–Trinajstić information content (AvgIpc) is 3.17. The molecule has 1 aromatic heterocycles. The van der Waals surface area contributed by atoms with Crippen LogP contribution >= 0.6 is 27.5 Å². The van der Waals surface area contributed by atoms with Gasteiger partial charge in [-0.25, -0.2) is 9.99 Å². The maximum absolute atomic E-state index is 12.8. The predicted molar refractivity (Wildman–Crippen MR) is 121 cm³/mol. The van der Waals surface area contributed by atoms with Crippen molar-refractivity contribution in [1.82, 2.24) is 15.4 Å². The molecule has 0 saturated carbocycles. The lowest BCUT2D eigenvalue weighted by Gasteiger charge is -2.26. The number of benzene rings is 2. The van der Waals surface area contributed by atoms with Gasteiger partial charge in [0.05, 0.1) is 17.3 Å². The Morgan fingerprint density at radius 2 is 1.90 bits per heavy atom. The molecule has 4 rings (SSSR count). The van der Waals surface area contributed by atoms with Gasteiger partial charge in [0.25, 0.3) is 0 Å². The van der Waals surface area contributed by atoms with Crippen LogP contribution in [0.1, 0.15) is 35.6 Å². The monoisotopic (exact) mass is 498 g/mol. The van der Waals surface area contributed by atoms with Gasteiger partial charge in [-0.05, 0) is 54.8 Å². The number of hydrogen-bond acceptors (Lipinski definition) is 5. The summed E-state index contributed by atoms with van der Waals surface area (Å²) in [6.45, 7) is 1.99. The molecule has 0 saturated heterocycles. The lowest BCUT2D eigenvalue weighted by Crippen LogP contribution is -2.40. The highest BCUT2D eigenvalue weighted by Crippen LogP contribution is 2.35. The van der Waals surface area contributed by atoms with Crippen LogP contribution in [0.5, 0.6) is 0 Å². The first-order valence-electron chi connectivity index (χ1n) is 9.65. The van der Waals surface area contributed by atoms with Gasteiger partial charge in [0, 0.05) is 27.8 Å². The van der Waals surface area contributed by atoms with Gasteiger partial charge in [0.15, 0.2) is 0 Å². The number of fused-ring (bicyclic) bond motifs is 1. The molecule has 0 bridgehead atoms. The molecule has 6 nitrogen and oxygen atoms in total. The molecular formula is C23H18BrClN3O3-. The molecule has 158 valence electrons. The number of aryl methyl sites for hydroxylation is 1. The molecular weight excluding hydrogens is 482 g/mol. The molecule has 1 amide bonds. The zero-order valence-corrected chi connectivity index (χ0v) is 18.9. The number of carboxylic acid groups (broad SMARTS) is 1. The van der Waals surface area contributed by atoms with Crippen LogP contribution in [0.15, 0.2) is 59.1 Å². The fourth-order valence-corrected chi connectivity index (χ4v) is 4.03. The van der Waals surface area contributed by atoms with Gasteiger partial charge in [0.1, 0.15) is 5.15 Å². The minimum atomic E-state index is -1.27. The lowest BCUT2D eigenvalue weighted by atomic mass is 10.0. The van der Waals surface area contributed by atoms with Crippen molar-refractivity contribution >= 4 is 56.0 Å². The fourth-order valence-electron chi connectivity index (χ4n) is 3.51. The van der Waals surface area contributed by atoms with E-state index in [1.807, 2.05) is 61.5 Å². The highest BCUT2D eigenvalue weighted by atomic mass is 79.9. The second-order valence-electron chi connectivity index (χ2n) is 7.35. The summed E-state index contributed by atoms with van der Waals surface area (Å²) in [4.78, 5) is 28.1. The normalized spacial score (nSPS) is 15.6. The van der Waals surface area contributed by atoms with Gasteiger partial charge in [-0.15, -0.1) is 0 Å². The van der Waals surface area contributed by atoms with Crippen LogP contribution in [-0.2, 0) is 9.59 Å². The Bertz CT molecular complexity index is 1210. The van der Waals surface area contributed by atoms with Crippen molar-refractivity contribution in [3.05, 3.63) is 80.9 Å². The van der Waals surface area contributed by atoms with Crippen LogP contribution in [0, 0.1) is 6.92 Å². The van der Waals surface area contributed by atoms with E-state index in [4.69, 9.17) is 11.6 Å². The highest BCUT2D eigenvalue weighted by Gasteiger charge is 2.31. The summed E-state index contributed by atoms with van der Waals surface area (Å²) in [6, 6.07) is 15.0. The molecule has 1 atom stereocenters. The second kappa shape index (κ2) is 8.69. The summed E-state index contributed by atoms with van der Waals surface area (Å²) in [5, 5.41) is 13.5. The van der Waals surface area contributed by atoms with Crippen molar-refractivity contribution in [2.45, 2.75) is 25.8 Å². The maximum atomic E-state index is 12.8. The molecule has 0 spiro atoms. The van der Waals surface area contributed by atoms with Crippen molar-refractivity contribution in [3.8, 4) is 0 Å². The number of carbonyl (C=O) groups excluding carboxylic acids is 2. The summed E-state index contributed by atoms with van der Waals surface area (Å²) in [5.74, 6) is -1.62. The Labute approximate surface area is 192 Å². The quantitative estimate of drug-likeness (QED) is 0.538. The maximum Gasteiger partial charge on any atom is 0.242 e. The van der Waals surface area contributed by atoms with Crippen molar-refractivity contribution in [2.75, 3.05) is 0 Å². The van der Waals surface area contributed by atoms with Gasteiger partial charge < -0.3 is 9.90 Å². The van der Waals surface area contributed by atoms with Crippen LogP contribution in [0.3, 0.4) is 0 Å². The molecule has 2 aromatic carbocycles. The van der Waals surface area contributed by atoms with Crippen LogP contribution in [0.4, 0.5) is 0 Å². The van der Waals surface area contributed by atoms with E-state index in [0.717, 1.165) is 26.5 Å². The smallest absolute Gasteiger partial charge is 0.242 e. The molecule has 8 heteroatoms. The Hall–Kier alpha value is -2.90. The summed E-state index contributed by atoms with van der Waals surface area (Å²) in [7, 11) is 0. The number of carbonyl (C=O) groups is 2. The van der Waals surface area contributed by atoms with Crippen molar-refractivity contribution in [2.24, 2.45) is 0 Å². The van der Waals surface area contributed by atoms with E-state index in [0.29, 0.717) is 16.4 Å². The molecule has 1 aliphatic rings. The third-order valence-corrected chi connectivity index (χ3v) is 5.90. The van der Waals surface area contributed by atoms with Gasteiger partial charge in [-0.3, -0.25) is 10.2 Å². The number of nitrogens with one attached hydrogen (secondary N) is 1. The number of aliphatic carboxylic acids is 1. The number of amides is 1. The van der Waals surface area contributed by atoms with Crippen LogP contribution in [0.25, 0.3) is 16.6 Å². The average molecular weight is 500 g/mol. The van der Waals surface area contributed by atoms with E-state index in [9.17, 15) is 14.7 Å². The Morgan fingerprint density at radius 1 is 1.16 bits per heavy atom. The highest BCUT2D eigenvalue weighted by molar-refractivity contribution is 9.10. The minimum Gasteiger partial charge on any atom is -0.550 e. The summed E-state index contributed by atoms with van der Waals surface area (Å²) < 4.78 is 0.915. The zero-order chi connectivity index (χ0) is 22.1. The second-order valence-corrected chi connectivity index (χ2v) is 8.62. The van der Waals surface area contributed by atoms with E-state index < -0.39 is 12.0 Å². The number of nitrogens with zero attached hydrogens (tertiary/aromatic N) is 2. The van der Waals surface area contributed by atoms with Crippen molar-refractivity contribution < 1.29 is 14.7 Å². The SMILES string of the molecule is Cc1ccc2cc(C3=CC(c4ccc(Br)cc4)N(C(=O)CCC(=O)[O-])N3)c(Cl)nc2c1. The van der Waals surface area contributed by atoms with Gasteiger partial charge in [0.2, 0.25) is 5.91 Å². The fraction of sp³-hybridized carbons (Fsp3) is 0.174. The lowest BCUT2D eigenvalue weighted by molar-refractivity contribution is -0.305. The Balaban J connectivity index is 1.73. The number of hydrazine groups is 1. The topological polar surface area (TPSA) is 85.4 Å². The number of aromatic nitrogens is 1. The van der Waals surface area contributed by atoms with E-state index in [1.165, 1.54) is 5.01 Å². The first kappa shape index (κ1) is 21.3. The predicted octanol–water partition coefficient (Wildman–Crippen LogP) is 3.92. The molecule has 3 aromatic rings. The molecule has 2 heterocycles. The number of halogens is 2. The molecule has 1 unspecified atom stereocenters. The molecule has 1 N–H and O–H groups in total. The van der Waals surface area contributed by atoms with Crippen molar-refractivity contribution in [1.29, 1.82) is 0 Å². The number of rotatable bonds is 5. The van der Waals surface area contributed by atoms with Crippen molar-refractivity contribution in [3.63, 3.8) is 0 Å². The first-order chi connectivity index (χ1) is 14.8. The standard InChI is InChI=1S/C23H19BrClN3O3/c1-13-2-3-15-11-17(23(25)26-18(15)10-13)19-12-20(14-4-6-16(24)7-5-14)28(27-19)21(29)8-9-22(30)31/h2-7,10-12,20,27H,8-9H2,1H3,(H,30,31)/p-1. The number of carboxylic acids is 1.